The lowest BCUT2D eigenvalue weighted by Gasteiger charge is -2.22. The second-order valence-corrected chi connectivity index (χ2v) is 3.88. The average molecular weight is 195 g/mol. The van der Waals surface area contributed by atoms with Crippen LogP contribution in [-0.4, -0.2) is 6.04 Å². The zero-order valence-electron chi connectivity index (χ0n) is 9.05. The highest BCUT2D eigenvalue weighted by atomic mass is 19.1. The van der Waals surface area contributed by atoms with Crippen LogP contribution in [0.2, 0.25) is 0 Å². The summed E-state index contributed by atoms with van der Waals surface area (Å²) in [4.78, 5) is 0. The van der Waals surface area contributed by atoms with E-state index < -0.39 is 0 Å². The van der Waals surface area contributed by atoms with Crippen LogP contribution in [0, 0.1) is 11.7 Å². The molecule has 14 heavy (non-hydrogen) atoms. The quantitative estimate of drug-likeness (QED) is 0.773. The van der Waals surface area contributed by atoms with Crippen LogP contribution < -0.4 is 5.32 Å². The predicted molar refractivity (Wildman–Crippen MR) is 58.9 cm³/mol. The molecule has 1 unspecified atom stereocenters. The van der Waals surface area contributed by atoms with Crippen molar-refractivity contribution < 1.29 is 4.39 Å². The zero-order valence-corrected chi connectivity index (χ0v) is 9.05. The van der Waals surface area contributed by atoms with Gasteiger partial charge in [-0.1, -0.05) is 32.9 Å². The lowest BCUT2D eigenvalue weighted by molar-refractivity contribution is 0.507. The van der Waals surface area contributed by atoms with E-state index in [0.29, 0.717) is 17.6 Å². The van der Waals surface area contributed by atoms with Gasteiger partial charge < -0.3 is 5.32 Å². The van der Waals surface area contributed by atoms with E-state index in [4.69, 9.17) is 0 Å². The minimum Gasteiger partial charge on any atom is -0.380 e. The highest BCUT2D eigenvalue weighted by Crippen LogP contribution is 2.17. The van der Waals surface area contributed by atoms with Gasteiger partial charge in [-0.25, -0.2) is 4.39 Å². The molecule has 2 heteroatoms. The van der Waals surface area contributed by atoms with Crippen LogP contribution in [0.15, 0.2) is 24.3 Å². The van der Waals surface area contributed by atoms with E-state index in [1.54, 1.807) is 12.1 Å². The first kappa shape index (κ1) is 11.0. The summed E-state index contributed by atoms with van der Waals surface area (Å²) in [5.74, 6) is 0.339. The van der Waals surface area contributed by atoms with E-state index in [2.05, 4.69) is 26.1 Å². The summed E-state index contributed by atoms with van der Waals surface area (Å²) in [6.07, 6.45) is 1.01. The second-order valence-electron chi connectivity index (χ2n) is 3.88. The first-order valence-electron chi connectivity index (χ1n) is 5.16. The van der Waals surface area contributed by atoms with E-state index >= 15 is 0 Å². The Kier molecular flexibility index (Phi) is 3.93. The summed E-state index contributed by atoms with van der Waals surface area (Å²) in [5.41, 5.74) is 0.605. The van der Waals surface area contributed by atoms with E-state index in [0.717, 1.165) is 6.42 Å². The normalized spacial score (nSPS) is 12.9. The Morgan fingerprint density at radius 3 is 2.43 bits per heavy atom. The fraction of sp³-hybridized carbons (Fsp3) is 0.500. The molecule has 0 heterocycles. The Morgan fingerprint density at radius 1 is 1.29 bits per heavy atom. The van der Waals surface area contributed by atoms with Gasteiger partial charge in [-0.15, -0.1) is 0 Å². The molecule has 1 nitrogen and oxygen atoms in total. The van der Waals surface area contributed by atoms with Gasteiger partial charge in [0.25, 0.3) is 0 Å². The largest absolute Gasteiger partial charge is 0.380 e. The molecule has 1 aromatic rings. The molecule has 0 spiro atoms. The molecule has 0 radical (unpaired) electrons. The van der Waals surface area contributed by atoms with Crippen molar-refractivity contribution >= 4 is 5.69 Å². The van der Waals surface area contributed by atoms with Crippen molar-refractivity contribution in [2.75, 3.05) is 5.32 Å². The second kappa shape index (κ2) is 4.99. The summed E-state index contributed by atoms with van der Waals surface area (Å²) in [5, 5.41) is 3.22. The topological polar surface area (TPSA) is 12.0 Å². The number of nitrogens with one attached hydrogen (secondary N) is 1. The number of anilines is 1. The number of halogens is 1. The van der Waals surface area contributed by atoms with Crippen LogP contribution in [0.25, 0.3) is 0 Å². The van der Waals surface area contributed by atoms with Crippen LogP contribution in [-0.2, 0) is 0 Å². The molecular formula is C12H18FN. The molecule has 0 aliphatic rings. The van der Waals surface area contributed by atoms with Gasteiger partial charge in [0.15, 0.2) is 0 Å². The van der Waals surface area contributed by atoms with Gasteiger partial charge in [0.05, 0.1) is 5.69 Å². The van der Waals surface area contributed by atoms with E-state index in [-0.39, 0.29) is 5.82 Å². The molecule has 0 aliphatic carbocycles. The first-order valence-corrected chi connectivity index (χ1v) is 5.16. The molecule has 0 aromatic heterocycles. The molecule has 1 N–H and O–H groups in total. The fourth-order valence-corrected chi connectivity index (χ4v) is 1.52. The standard InChI is InChI=1S/C12H18FN/c1-4-11(9(2)3)14-12-8-6-5-7-10(12)13/h5-9,11,14H,4H2,1-3H3. The summed E-state index contributed by atoms with van der Waals surface area (Å²) < 4.78 is 13.3. The Hall–Kier alpha value is -1.05. The number of para-hydroxylation sites is 1. The van der Waals surface area contributed by atoms with Crippen LogP contribution in [0.5, 0.6) is 0 Å². The van der Waals surface area contributed by atoms with Crippen molar-refractivity contribution in [2.45, 2.75) is 33.2 Å². The van der Waals surface area contributed by atoms with Crippen LogP contribution in [0.1, 0.15) is 27.2 Å². The van der Waals surface area contributed by atoms with Gasteiger partial charge in [-0.05, 0) is 24.5 Å². The van der Waals surface area contributed by atoms with Gasteiger partial charge in [0.1, 0.15) is 5.82 Å². The maximum Gasteiger partial charge on any atom is 0.146 e. The van der Waals surface area contributed by atoms with E-state index in [1.165, 1.54) is 6.07 Å². The first-order chi connectivity index (χ1) is 6.65. The maximum atomic E-state index is 13.3. The number of benzene rings is 1. The Morgan fingerprint density at radius 2 is 1.93 bits per heavy atom. The lowest BCUT2D eigenvalue weighted by Crippen LogP contribution is -2.25. The van der Waals surface area contributed by atoms with Crippen molar-refractivity contribution in [3.8, 4) is 0 Å². The van der Waals surface area contributed by atoms with Gasteiger partial charge >= 0.3 is 0 Å². The lowest BCUT2D eigenvalue weighted by atomic mass is 10.0. The SMILES string of the molecule is CCC(Nc1ccccc1F)C(C)C. The zero-order chi connectivity index (χ0) is 10.6. The van der Waals surface area contributed by atoms with Crippen LogP contribution in [0.3, 0.4) is 0 Å². The molecular weight excluding hydrogens is 177 g/mol. The number of rotatable bonds is 4. The molecule has 1 aromatic carbocycles. The molecule has 1 atom stereocenters. The summed E-state index contributed by atoms with van der Waals surface area (Å²) in [7, 11) is 0. The summed E-state index contributed by atoms with van der Waals surface area (Å²) >= 11 is 0. The predicted octanol–water partition coefficient (Wildman–Crippen LogP) is 3.67. The Labute approximate surface area is 85.3 Å². The van der Waals surface area contributed by atoms with Crippen molar-refractivity contribution in [3.63, 3.8) is 0 Å². The molecule has 0 aliphatic heterocycles. The smallest absolute Gasteiger partial charge is 0.146 e. The van der Waals surface area contributed by atoms with Crippen molar-refractivity contribution in [1.82, 2.24) is 0 Å². The molecule has 0 saturated carbocycles. The molecule has 78 valence electrons. The highest BCUT2D eigenvalue weighted by molar-refractivity contribution is 5.45. The molecule has 1 rings (SSSR count). The third-order valence-electron chi connectivity index (χ3n) is 2.46. The van der Waals surface area contributed by atoms with Gasteiger partial charge in [0, 0.05) is 6.04 Å². The Balaban J connectivity index is 2.72. The average Bonchev–Trinajstić information content (AvgIpc) is 2.16. The molecule has 0 fully saturated rings. The fourth-order valence-electron chi connectivity index (χ4n) is 1.52. The molecule has 0 saturated heterocycles. The monoisotopic (exact) mass is 195 g/mol. The van der Waals surface area contributed by atoms with Crippen molar-refractivity contribution in [3.05, 3.63) is 30.1 Å². The van der Waals surface area contributed by atoms with E-state index in [1.807, 2.05) is 6.07 Å². The van der Waals surface area contributed by atoms with Crippen molar-refractivity contribution in [2.24, 2.45) is 5.92 Å². The number of hydrogen-bond donors (Lipinski definition) is 1. The van der Waals surface area contributed by atoms with Crippen molar-refractivity contribution in [1.29, 1.82) is 0 Å². The van der Waals surface area contributed by atoms with Crippen LogP contribution >= 0.6 is 0 Å². The number of hydrogen-bond acceptors (Lipinski definition) is 1. The minimum absolute atomic E-state index is 0.174. The van der Waals surface area contributed by atoms with E-state index in [9.17, 15) is 4.39 Å². The summed E-state index contributed by atoms with van der Waals surface area (Å²) in [6, 6.07) is 7.15. The molecule has 0 bridgehead atoms. The minimum atomic E-state index is -0.174. The third-order valence-corrected chi connectivity index (χ3v) is 2.46. The maximum absolute atomic E-state index is 13.3. The van der Waals surface area contributed by atoms with Gasteiger partial charge in [-0.3, -0.25) is 0 Å². The third kappa shape index (κ3) is 2.72. The Bertz CT molecular complexity index is 283. The molecule has 0 amide bonds. The summed E-state index contributed by atoms with van der Waals surface area (Å²) in [6.45, 7) is 6.39. The van der Waals surface area contributed by atoms with Gasteiger partial charge in [-0.2, -0.15) is 0 Å². The van der Waals surface area contributed by atoms with Crippen LogP contribution in [0.4, 0.5) is 10.1 Å². The highest BCUT2D eigenvalue weighted by Gasteiger charge is 2.11. The van der Waals surface area contributed by atoms with Gasteiger partial charge in [0.2, 0.25) is 0 Å².